The molecule has 70 valence electrons. The fourth-order valence-corrected chi connectivity index (χ4v) is 0.960. The number of carbonyl (C=O) groups is 1. The first-order chi connectivity index (χ1) is 6.24. The van der Waals surface area contributed by atoms with Gasteiger partial charge >= 0.3 is 0 Å². The van der Waals surface area contributed by atoms with E-state index in [-0.39, 0.29) is 5.91 Å². The van der Waals surface area contributed by atoms with Crippen molar-refractivity contribution in [3.8, 4) is 5.75 Å². The van der Waals surface area contributed by atoms with Crippen molar-refractivity contribution >= 4 is 5.91 Å². The molecule has 1 aromatic carbocycles. The number of nitrogens with zero attached hydrogens (tertiary/aromatic N) is 1. The molecule has 1 amide bonds. The molecule has 0 saturated heterocycles. The van der Waals surface area contributed by atoms with Crippen molar-refractivity contribution in [3.05, 3.63) is 30.3 Å². The normalized spacial score (nSPS) is 9.38. The molecule has 0 spiro atoms. The van der Waals surface area contributed by atoms with E-state index in [1.54, 1.807) is 0 Å². The van der Waals surface area contributed by atoms with E-state index in [2.05, 4.69) is 0 Å². The first kappa shape index (κ1) is 9.58. The summed E-state index contributed by atoms with van der Waals surface area (Å²) >= 11 is 0. The summed E-state index contributed by atoms with van der Waals surface area (Å²) in [5, 5.41) is 1.31. The van der Waals surface area contributed by atoms with Crippen LogP contribution < -0.4 is 4.84 Å². The molecule has 1 rings (SSSR count). The standard InChI is InChI=1S/C10H13NO2/c1-3-11(9(2)12)13-10-7-5-4-6-8-10/h4-8H,3H2,1-2H3. The van der Waals surface area contributed by atoms with Crippen LogP contribution in [-0.2, 0) is 4.79 Å². The molecule has 0 aromatic heterocycles. The topological polar surface area (TPSA) is 29.5 Å². The molecule has 0 atom stereocenters. The summed E-state index contributed by atoms with van der Waals surface area (Å²) in [6.45, 7) is 3.89. The third-order valence-electron chi connectivity index (χ3n) is 1.60. The summed E-state index contributed by atoms with van der Waals surface area (Å²) in [4.78, 5) is 16.3. The Balaban J connectivity index is 2.62. The largest absolute Gasteiger partial charge is 0.377 e. The third kappa shape index (κ3) is 2.78. The highest BCUT2D eigenvalue weighted by Crippen LogP contribution is 2.10. The van der Waals surface area contributed by atoms with E-state index in [1.165, 1.54) is 12.0 Å². The average molecular weight is 179 g/mol. The zero-order valence-corrected chi connectivity index (χ0v) is 7.86. The van der Waals surface area contributed by atoms with E-state index in [0.717, 1.165) is 0 Å². The van der Waals surface area contributed by atoms with E-state index in [9.17, 15) is 4.79 Å². The predicted octanol–water partition coefficient (Wildman–Crippen LogP) is 1.85. The average Bonchev–Trinajstić information content (AvgIpc) is 2.15. The van der Waals surface area contributed by atoms with Crippen LogP contribution in [0.5, 0.6) is 5.75 Å². The Bertz CT molecular complexity index is 272. The summed E-state index contributed by atoms with van der Waals surface area (Å²) in [5.41, 5.74) is 0. The minimum absolute atomic E-state index is 0.0913. The molecule has 3 heteroatoms. The van der Waals surface area contributed by atoms with Gasteiger partial charge in [-0.2, -0.15) is 5.06 Å². The summed E-state index contributed by atoms with van der Waals surface area (Å²) in [6.07, 6.45) is 0. The Kier molecular flexibility index (Phi) is 3.31. The smallest absolute Gasteiger partial charge is 0.252 e. The molecule has 0 fully saturated rings. The molecule has 1 aromatic rings. The van der Waals surface area contributed by atoms with Crippen LogP contribution in [0.15, 0.2) is 30.3 Å². The van der Waals surface area contributed by atoms with Crippen LogP contribution in [0.1, 0.15) is 13.8 Å². The maximum absolute atomic E-state index is 11.0. The minimum atomic E-state index is -0.0913. The molecule has 0 aliphatic carbocycles. The van der Waals surface area contributed by atoms with E-state index in [1.807, 2.05) is 37.3 Å². The molecule has 13 heavy (non-hydrogen) atoms. The SMILES string of the molecule is CCN(Oc1ccccc1)C(C)=O. The maximum Gasteiger partial charge on any atom is 0.252 e. The second-order valence-electron chi connectivity index (χ2n) is 2.62. The van der Waals surface area contributed by atoms with Gasteiger partial charge in [0.1, 0.15) is 0 Å². The van der Waals surface area contributed by atoms with Crippen molar-refractivity contribution in [2.45, 2.75) is 13.8 Å². The number of para-hydroxylation sites is 1. The summed E-state index contributed by atoms with van der Waals surface area (Å²) in [6, 6.07) is 9.25. The number of hydrogen-bond acceptors (Lipinski definition) is 2. The van der Waals surface area contributed by atoms with Gasteiger partial charge < -0.3 is 4.84 Å². The first-order valence-corrected chi connectivity index (χ1v) is 4.25. The van der Waals surface area contributed by atoms with Crippen molar-refractivity contribution in [2.24, 2.45) is 0 Å². The quantitative estimate of drug-likeness (QED) is 0.663. The number of benzene rings is 1. The van der Waals surface area contributed by atoms with Gasteiger partial charge in [0, 0.05) is 6.92 Å². The molecule has 0 N–H and O–H groups in total. The number of rotatable bonds is 3. The third-order valence-corrected chi connectivity index (χ3v) is 1.60. The second kappa shape index (κ2) is 4.50. The van der Waals surface area contributed by atoms with Crippen LogP contribution in [0.4, 0.5) is 0 Å². The zero-order chi connectivity index (χ0) is 9.68. The lowest BCUT2D eigenvalue weighted by atomic mass is 10.3. The zero-order valence-electron chi connectivity index (χ0n) is 7.86. The lowest BCUT2D eigenvalue weighted by Crippen LogP contribution is -2.31. The summed E-state index contributed by atoms with van der Waals surface area (Å²) in [5.74, 6) is 0.589. The Morgan fingerprint density at radius 1 is 1.38 bits per heavy atom. The van der Waals surface area contributed by atoms with Crippen LogP contribution >= 0.6 is 0 Å². The first-order valence-electron chi connectivity index (χ1n) is 4.25. The maximum atomic E-state index is 11.0. The molecule has 0 saturated carbocycles. The van der Waals surface area contributed by atoms with Gasteiger partial charge in [0.05, 0.1) is 6.54 Å². The highest BCUT2D eigenvalue weighted by molar-refractivity contribution is 5.72. The van der Waals surface area contributed by atoms with Crippen molar-refractivity contribution in [2.75, 3.05) is 6.54 Å². The second-order valence-corrected chi connectivity index (χ2v) is 2.62. The van der Waals surface area contributed by atoms with Gasteiger partial charge in [0.15, 0.2) is 5.75 Å². The van der Waals surface area contributed by atoms with E-state index in [0.29, 0.717) is 12.3 Å². The van der Waals surface area contributed by atoms with E-state index < -0.39 is 0 Å². The number of amides is 1. The van der Waals surface area contributed by atoms with Crippen LogP contribution in [-0.4, -0.2) is 17.5 Å². The van der Waals surface area contributed by atoms with Crippen molar-refractivity contribution in [3.63, 3.8) is 0 Å². The van der Waals surface area contributed by atoms with Crippen LogP contribution in [0.3, 0.4) is 0 Å². The highest BCUT2D eigenvalue weighted by Gasteiger charge is 2.06. The number of hydroxylamine groups is 2. The van der Waals surface area contributed by atoms with Crippen LogP contribution in [0, 0.1) is 0 Å². The number of carbonyl (C=O) groups excluding carboxylic acids is 1. The van der Waals surface area contributed by atoms with Gasteiger partial charge in [-0.3, -0.25) is 4.79 Å². The molecule has 3 nitrogen and oxygen atoms in total. The molecular formula is C10H13NO2. The van der Waals surface area contributed by atoms with Gasteiger partial charge in [-0.05, 0) is 19.1 Å². The van der Waals surface area contributed by atoms with Crippen molar-refractivity contribution in [1.29, 1.82) is 0 Å². The van der Waals surface area contributed by atoms with Gasteiger partial charge in [0.2, 0.25) is 0 Å². The molecule has 0 heterocycles. The van der Waals surface area contributed by atoms with E-state index >= 15 is 0 Å². The minimum Gasteiger partial charge on any atom is -0.377 e. The van der Waals surface area contributed by atoms with Crippen molar-refractivity contribution in [1.82, 2.24) is 5.06 Å². The monoisotopic (exact) mass is 179 g/mol. The molecule has 0 aliphatic rings. The Morgan fingerprint density at radius 3 is 2.46 bits per heavy atom. The Labute approximate surface area is 77.9 Å². The summed E-state index contributed by atoms with van der Waals surface area (Å²) in [7, 11) is 0. The van der Waals surface area contributed by atoms with Crippen LogP contribution in [0.25, 0.3) is 0 Å². The Morgan fingerprint density at radius 2 is 2.00 bits per heavy atom. The number of hydrogen-bond donors (Lipinski definition) is 0. The molecule has 0 radical (unpaired) electrons. The van der Waals surface area contributed by atoms with Crippen LogP contribution in [0.2, 0.25) is 0 Å². The van der Waals surface area contributed by atoms with Gasteiger partial charge in [0.25, 0.3) is 5.91 Å². The summed E-state index contributed by atoms with van der Waals surface area (Å²) < 4.78 is 0. The highest BCUT2D eigenvalue weighted by atomic mass is 16.7. The fraction of sp³-hybridized carbons (Fsp3) is 0.300. The molecule has 0 unspecified atom stereocenters. The van der Waals surface area contributed by atoms with Crippen molar-refractivity contribution < 1.29 is 9.63 Å². The molecule has 0 bridgehead atoms. The fourth-order valence-electron chi connectivity index (χ4n) is 0.960. The van der Waals surface area contributed by atoms with Gasteiger partial charge in [-0.15, -0.1) is 0 Å². The van der Waals surface area contributed by atoms with E-state index in [4.69, 9.17) is 4.84 Å². The lowest BCUT2D eigenvalue weighted by Gasteiger charge is -2.18. The van der Waals surface area contributed by atoms with Gasteiger partial charge in [-0.1, -0.05) is 18.2 Å². The predicted molar refractivity (Wildman–Crippen MR) is 50.1 cm³/mol. The Hall–Kier alpha value is -1.51. The molecule has 0 aliphatic heterocycles. The molecular weight excluding hydrogens is 166 g/mol. The van der Waals surface area contributed by atoms with Gasteiger partial charge in [-0.25, -0.2) is 0 Å². The lowest BCUT2D eigenvalue weighted by molar-refractivity contribution is -0.153.